The van der Waals surface area contributed by atoms with E-state index in [1.165, 1.54) is 5.56 Å². The molecular weight excluding hydrogens is 236 g/mol. The van der Waals surface area contributed by atoms with E-state index in [0.717, 1.165) is 5.69 Å². The highest BCUT2D eigenvalue weighted by Gasteiger charge is 2.25. The van der Waals surface area contributed by atoms with Crippen molar-refractivity contribution < 1.29 is 4.79 Å². The molecule has 1 amide bonds. The molecule has 0 spiro atoms. The summed E-state index contributed by atoms with van der Waals surface area (Å²) in [6.07, 6.45) is 0. The number of nitriles is 1. The Balaban J connectivity index is 2.91. The summed E-state index contributed by atoms with van der Waals surface area (Å²) in [5.41, 5.74) is 2.07. The van der Waals surface area contributed by atoms with Crippen LogP contribution in [-0.4, -0.2) is 13.0 Å². The minimum absolute atomic E-state index is 0.0230. The van der Waals surface area contributed by atoms with Gasteiger partial charge in [-0.2, -0.15) is 5.26 Å². The van der Waals surface area contributed by atoms with Crippen molar-refractivity contribution in [2.75, 3.05) is 11.9 Å². The van der Waals surface area contributed by atoms with Crippen LogP contribution in [0.4, 0.5) is 5.69 Å². The van der Waals surface area contributed by atoms with Crippen molar-refractivity contribution in [1.82, 2.24) is 0 Å². The van der Waals surface area contributed by atoms with Crippen LogP contribution in [0.2, 0.25) is 0 Å². The average molecular weight is 258 g/mol. The molecule has 0 radical (unpaired) electrons. The Hall–Kier alpha value is -1.82. The largest absolute Gasteiger partial charge is 0.314 e. The van der Waals surface area contributed by atoms with Gasteiger partial charge in [0.2, 0.25) is 5.91 Å². The van der Waals surface area contributed by atoms with Gasteiger partial charge in [0.05, 0.1) is 6.07 Å². The first kappa shape index (κ1) is 15.2. The second kappa shape index (κ2) is 6.38. The van der Waals surface area contributed by atoms with E-state index in [1.54, 1.807) is 11.9 Å². The minimum atomic E-state index is -0.588. The van der Waals surface area contributed by atoms with Crippen LogP contribution < -0.4 is 4.90 Å². The van der Waals surface area contributed by atoms with E-state index in [9.17, 15) is 4.79 Å². The van der Waals surface area contributed by atoms with Crippen molar-refractivity contribution in [3.05, 3.63) is 29.8 Å². The molecule has 3 heteroatoms. The molecule has 1 unspecified atom stereocenters. The number of carbonyl (C=O) groups excluding carboxylic acids is 1. The van der Waals surface area contributed by atoms with Crippen molar-refractivity contribution in [3.8, 4) is 6.07 Å². The van der Waals surface area contributed by atoms with Gasteiger partial charge >= 0.3 is 0 Å². The molecule has 102 valence electrons. The second-order valence-electron chi connectivity index (χ2n) is 5.49. The van der Waals surface area contributed by atoms with Gasteiger partial charge in [0, 0.05) is 12.7 Å². The third kappa shape index (κ3) is 3.57. The number of hydrogen-bond acceptors (Lipinski definition) is 2. The molecule has 0 aliphatic rings. The highest BCUT2D eigenvalue weighted by atomic mass is 16.2. The van der Waals surface area contributed by atoms with Crippen molar-refractivity contribution in [2.45, 2.75) is 33.6 Å². The molecule has 1 aromatic rings. The molecular formula is C16H22N2O. The summed E-state index contributed by atoms with van der Waals surface area (Å²) in [6, 6.07) is 10.0. The highest BCUT2D eigenvalue weighted by Crippen LogP contribution is 2.22. The maximum absolute atomic E-state index is 12.2. The molecule has 0 aliphatic heterocycles. The van der Waals surface area contributed by atoms with Gasteiger partial charge in [-0.3, -0.25) is 4.79 Å². The first-order valence-corrected chi connectivity index (χ1v) is 6.65. The molecule has 1 atom stereocenters. The fourth-order valence-corrected chi connectivity index (χ4v) is 1.91. The molecule has 1 rings (SSSR count). The number of anilines is 1. The van der Waals surface area contributed by atoms with Crippen LogP contribution in [0.5, 0.6) is 0 Å². The number of benzene rings is 1. The Morgan fingerprint density at radius 1 is 1.16 bits per heavy atom. The first-order chi connectivity index (χ1) is 8.88. The van der Waals surface area contributed by atoms with Gasteiger partial charge in [0.15, 0.2) is 0 Å². The molecule has 0 heterocycles. The van der Waals surface area contributed by atoms with Crippen LogP contribution in [0, 0.1) is 23.2 Å². The monoisotopic (exact) mass is 258 g/mol. The number of nitrogens with zero attached hydrogens (tertiary/aromatic N) is 2. The summed E-state index contributed by atoms with van der Waals surface area (Å²) in [6.45, 7) is 8.05. The SMILES string of the molecule is CC(C)c1ccc(N(C)C(=O)C(C#N)C(C)C)cc1. The second-order valence-corrected chi connectivity index (χ2v) is 5.49. The molecule has 0 N–H and O–H groups in total. The van der Waals surface area contributed by atoms with E-state index >= 15 is 0 Å². The first-order valence-electron chi connectivity index (χ1n) is 6.65. The fraction of sp³-hybridized carbons (Fsp3) is 0.500. The normalized spacial score (nSPS) is 12.3. The van der Waals surface area contributed by atoms with Gasteiger partial charge in [0.1, 0.15) is 5.92 Å². The van der Waals surface area contributed by atoms with E-state index in [4.69, 9.17) is 5.26 Å². The van der Waals surface area contributed by atoms with Crippen molar-refractivity contribution in [2.24, 2.45) is 11.8 Å². The summed E-state index contributed by atoms with van der Waals surface area (Å²) in [5, 5.41) is 9.08. The van der Waals surface area contributed by atoms with Crippen LogP contribution in [-0.2, 0) is 4.79 Å². The summed E-state index contributed by atoms with van der Waals surface area (Å²) in [7, 11) is 1.72. The lowest BCUT2D eigenvalue weighted by atomic mass is 9.96. The number of carbonyl (C=O) groups is 1. The molecule has 0 bridgehead atoms. The predicted octanol–water partition coefficient (Wildman–Crippen LogP) is 3.57. The molecule has 19 heavy (non-hydrogen) atoms. The van der Waals surface area contributed by atoms with E-state index < -0.39 is 5.92 Å². The highest BCUT2D eigenvalue weighted by molar-refractivity contribution is 5.96. The van der Waals surface area contributed by atoms with Gasteiger partial charge in [-0.25, -0.2) is 0 Å². The summed E-state index contributed by atoms with van der Waals surface area (Å²) in [5.74, 6) is -0.239. The van der Waals surface area contributed by atoms with E-state index in [1.807, 2.05) is 38.1 Å². The van der Waals surface area contributed by atoms with Crippen molar-refractivity contribution in [1.29, 1.82) is 5.26 Å². The topological polar surface area (TPSA) is 44.1 Å². The lowest BCUT2D eigenvalue weighted by molar-refractivity contribution is -0.121. The Bertz CT molecular complexity index is 469. The predicted molar refractivity (Wildman–Crippen MR) is 77.9 cm³/mol. The van der Waals surface area contributed by atoms with Crippen molar-refractivity contribution >= 4 is 11.6 Å². The van der Waals surface area contributed by atoms with Gasteiger partial charge in [-0.15, -0.1) is 0 Å². The van der Waals surface area contributed by atoms with Gasteiger partial charge in [0.25, 0.3) is 0 Å². The van der Waals surface area contributed by atoms with Crippen LogP contribution >= 0.6 is 0 Å². The van der Waals surface area contributed by atoms with Crippen LogP contribution in [0.15, 0.2) is 24.3 Å². The Morgan fingerprint density at radius 2 is 1.68 bits per heavy atom. The summed E-state index contributed by atoms with van der Waals surface area (Å²) < 4.78 is 0. The third-order valence-corrected chi connectivity index (χ3v) is 3.35. The smallest absolute Gasteiger partial charge is 0.244 e. The number of rotatable bonds is 4. The third-order valence-electron chi connectivity index (χ3n) is 3.35. The van der Waals surface area contributed by atoms with E-state index in [2.05, 4.69) is 19.9 Å². The van der Waals surface area contributed by atoms with Crippen LogP contribution in [0.25, 0.3) is 0 Å². The molecule has 3 nitrogen and oxygen atoms in total. The molecule has 0 aliphatic carbocycles. The zero-order chi connectivity index (χ0) is 14.6. The molecule has 0 saturated carbocycles. The molecule has 0 saturated heterocycles. The Kier molecular flexibility index (Phi) is 5.11. The zero-order valence-electron chi connectivity index (χ0n) is 12.3. The van der Waals surface area contributed by atoms with Crippen LogP contribution in [0.1, 0.15) is 39.2 Å². The Morgan fingerprint density at radius 3 is 2.05 bits per heavy atom. The maximum atomic E-state index is 12.2. The zero-order valence-corrected chi connectivity index (χ0v) is 12.3. The van der Waals surface area contributed by atoms with Gasteiger partial charge in [-0.05, 0) is 29.5 Å². The quantitative estimate of drug-likeness (QED) is 0.828. The minimum Gasteiger partial charge on any atom is -0.314 e. The lowest BCUT2D eigenvalue weighted by Crippen LogP contribution is -2.34. The summed E-state index contributed by atoms with van der Waals surface area (Å²) >= 11 is 0. The number of amides is 1. The summed E-state index contributed by atoms with van der Waals surface area (Å²) in [4.78, 5) is 13.8. The van der Waals surface area contributed by atoms with Gasteiger partial charge in [-0.1, -0.05) is 39.8 Å². The van der Waals surface area contributed by atoms with E-state index in [0.29, 0.717) is 5.92 Å². The molecule has 0 fully saturated rings. The number of hydrogen-bond donors (Lipinski definition) is 0. The molecule has 0 aromatic heterocycles. The fourth-order valence-electron chi connectivity index (χ4n) is 1.91. The Labute approximate surface area is 115 Å². The van der Waals surface area contributed by atoms with Crippen molar-refractivity contribution in [3.63, 3.8) is 0 Å². The van der Waals surface area contributed by atoms with E-state index in [-0.39, 0.29) is 11.8 Å². The van der Waals surface area contributed by atoms with Gasteiger partial charge < -0.3 is 4.90 Å². The average Bonchev–Trinajstić information content (AvgIpc) is 2.38. The maximum Gasteiger partial charge on any atom is 0.244 e. The van der Waals surface area contributed by atoms with Crippen LogP contribution in [0.3, 0.4) is 0 Å². The molecule has 1 aromatic carbocycles. The standard InChI is InChI=1S/C16H22N2O/c1-11(2)13-6-8-14(9-7-13)18(5)16(19)15(10-17)12(3)4/h6-9,11-12,15H,1-5H3. The lowest BCUT2D eigenvalue weighted by Gasteiger charge is -2.22.